The third-order valence-electron chi connectivity index (χ3n) is 4.03. The van der Waals surface area contributed by atoms with Crippen LogP contribution in [0.5, 0.6) is 11.5 Å². The maximum atomic E-state index is 12.3. The normalized spacial score (nSPS) is 10.9. The summed E-state index contributed by atoms with van der Waals surface area (Å²) in [6, 6.07) is 19.6. The second-order valence-corrected chi connectivity index (χ2v) is 8.84. The number of rotatable bonds is 7. The number of para-hydroxylation sites is 3. The number of nitrogens with one attached hydrogen (secondary N) is 1. The molecule has 0 aliphatic rings. The minimum Gasteiger partial charge on any atom is -0.455 e. The van der Waals surface area contributed by atoms with Crippen LogP contribution in [-0.2, 0) is 19.4 Å². The Morgan fingerprint density at radius 1 is 0.968 bits per heavy atom. The summed E-state index contributed by atoms with van der Waals surface area (Å²) in [7, 11) is -3.63. The lowest BCUT2D eigenvalue weighted by Gasteiger charge is -2.12. The van der Waals surface area contributed by atoms with Crippen LogP contribution in [-0.4, -0.2) is 33.2 Å². The Hall–Kier alpha value is -3.36. The van der Waals surface area contributed by atoms with E-state index in [9.17, 15) is 18.0 Å². The Kier molecular flexibility index (Phi) is 6.94. The molecule has 3 aromatic carbocycles. The lowest BCUT2D eigenvalue weighted by Crippen LogP contribution is -2.21. The molecule has 0 bridgehead atoms. The predicted octanol–water partition coefficient (Wildman–Crippen LogP) is 4.33. The summed E-state index contributed by atoms with van der Waals surface area (Å²) in [5.41, 5.74) is 0.365. The third kappa shape index (κ3) is 6.07. The average molecular weight is 460 g/mol. The van der Waals surface area contributed by atoms with Crippen molar-refractivity contribution in [3.8, 4) is 11.5 Å². The van der Waals surface area contributed by atoms with E-state index >= 15 is 0 Å². The number of sulfone groups is 1. The molecule has 0 spiro atoms. The summed E-state index contributed by atoms with van der Waals surface area (Å²) in [6.07, 6.45) is 0.978. The highest BCUT2D eigenvalue weighted by Gasteiger charge is 2.18. The first-order chi connectivity index (χ1) is 14.7. The van der Waals surface area contributed by atoms with Gasteiger partial charge in [0.25, 0.3) is 5.91 Å². The molecule has 1 amide bonds. The van der Waals surface area contributed by atoms with E-state index in [0.29, 0.717) is 17.2 Å². The van der Waals surface area contributed by atoms with Gasteiger partial charge in [-0.05, 0) is 42.5 Å². The molecule has 0 radical (unpaired) electrons. The van der Waals surface area contributed by atoms with Crippen LogP contribution < -0.4 is 10.1 Å². The van der Waals surface area contributed by atoms with E-state index in [1.165, 1.54) is 12.1 Å². The highest BCUT2D eigenvalue weighted by atomic mass is 35.5. The topological polar surface area (TPSA) is 98.8 Å². The van der Waals surface area contributed by atoms with Crippen LogP contribution in [0.3, 0.4) is 0 Å². The van der Waals surface area contributed by atoms with Gasteiger partial charge in [0.05, 0.1) is 21.2 Å². The van der Waals surface area contributed by atoms with Gasteiger partial charge in [-0.25, -0.2) is 13.2 Å². The molecule has 3 rings (SSSR count). The maximum Gasteiger partial charge on any atom is 0.338 e. The van der Waals surface area contributed by atoms with E-state index in [-0.39, 0.29) is 15.5 Å². The lowest BCUT2D eigenvalue weighted by molar-refractivity contribution is -0.119. The molecular formula is C22H18ClNO6S. The molecule has 0 unspecified atom stereocenters. The van der Waals surface area contributed by atoms with Crippen LogP contribution in [0.2, 0.25) is 5.02 Å². The maximum absolute atomic E-state index is 12.3. The molecule has 9 heteroatoms. The van der Waals surface area contributed by atoms with E-state index in [0.717, 1.165) is 12.3 Å². The molecule has 0 fully saturated rings. The number of esters is 1. The Morgan fingerprint density at radius 3 is 2.35 bits per heavy atom. The van der Waals surface area contributed by atoms with Crippen LogP contribution in [0.25, 0.3) is 0 Å². The molecule has 3 aromatic rings. The minimum atomic E-state index is -3.63. The van der Waals surface area contributed by atoms with Gasteiger partial charge in [-0.1, -0.05) is 41.9 Å². The summed E-state index contributed by atoms with van der Waals surface area (Å²) in [4.78, 5) is 24.3. The molecule has 31 heavy (non-hydrogen) atoms. The van der Waals surface area contributed by atoms with Gasteiger partial charge >= 0.3 is 5.97 Å². The van der Waals surface area contributed by atoms with Gasteiger partial charge in [0, 0.05) is 6.26 Å². The molecule has 1 N–H and O–H groups in total. The first-order valence-electron chi connectivity index (χ1n) is 9.02. The monoisotopic (exact) mass is 459 g/mol. The molecule has 0 atom stereocenters. The fraction of sp³-hybridized carbons (Fsp3) is 0.0909. The molecular weight excluding hydrogens is 442 g/mol. The second-order valence-electron chi connectivity index (χ2n) is 6.45. The van der Waals surface area contributed by atoms with Gasteiger partial charge in [-0.2, -0.15) is 0 Å². The van der Waals surface area contributed by atoms with Crippen molar-refractivity contribution in [2.75, 3.05) is 18.2 Å². The summed E-state index contributed by atoms with van der Waals surface area (Å²) in [6.45, 7) is -0.574. The first kappa shape index (κ1) is 22.3. The Labute approximate surface area is 184 Å². The fourth-order valence-corrected chi connectivity index (χ4v) is 3.89. The van der Waals surface area contributed by atoms with Gasteiger partial charge in [0.15, 0.2) is 22.2 Å². The average Bonchev–Trinajstić information content (AvgIpc) is 2.73. The summed E-state index contributed by atoms with van der Waals surface area (Å²) >= 11 is 5.87. The molecule has 160 valence electrons. The number of carbonyl (C=O) groups is 2. The molecule has 0 aliphatic heterocycles. The van der Waals surface area contributed by atoms with E-state index < -0.39 is 28.3 Å². The molecule has 0 aromatic heterocycles. The molecule has 0 saturated heterocycles. The van der Waals surface area contributed by atoms with Crippen molar-refractivity contribution in [2.24, 2.45) is 0 Å². The van der Waals surface area contributed by atoms with Crippen molar-refractivity contribution in [3.63, 3.8) is 0 Å². The lowest BCUT2D eigenvalue weighted by atomic mass is 10.2. The number of halogens is 1. The number of hydrogen-bond acceptors (Lipinski definition) is 6. The number of carbonyl (C=O) groups excluding carboxylic acids is 2. The van der Waals surface area contributed by atoms with E-state index in [1.54, 1.807) is 36.4 Å². The van der Waals surface area contributed by atoms with Crippen LogP contribution in [0, 0.1) is 0 Å². The quantitative estimate of drug-likeness (QED) is 0.528. The zero-order chi connectivity index (χ0) is 22.4. The second kappa shape index (κ2) is 9.63. The largest absolute Gasteiger partial charge is 0.455 e. The zero-order valence-corrected chi connectivity index (χ0v) is 17.9. The van der Waals surface area contributed by atoms with Crippen molar-refractivity contribution in [3.05, 3.63) is 83.4 Å². The van der Waals surface area contributed by atoms with Crippen molar-refractivity contribution >= 4 is 39.0 Å². The Morgan fingerprint density at radius 2 is 1.65 bits per heavy atom. The standard InChI is InChI=1S/C22H18ClNO6S/c1-31(27,28)20-13-15(11-12-17(20)23)22(26)29-14-21(25)24-18-9-5-6-10-19(18)30-16-7-3-2-4-8-16/h2-13H,14H2,1H3,(H,24,25). The highest BCUT2D eigenvalue weighted by molar-refractivity contribution is 7.90. The predicted molar refractivity (Wildman–Crippen MR) is 116 cm³/mol. The Bertz CT molecular complexity index is 1210. The number of amides is 1. The number of ether oxygens (including phenoxy) is 2. The van der Waals surface area contributed by atoms with Gasteiger partial charge in [0.2, 0.25) is 0 Å². The van der Waals surface area contributed by atoms with E-state index in [2.05, 4.69) is 5.32 Å². The number of anilines is 1. The first-order valence-corrected chi connectivity index (χ1v) is 11.3. The van der Waals surface area contributed by atoms with Crippen LogP contribution in [0.1, 0.15) is 10.4 Å². The summed E-state index contributed by atoms with van der Waals surface area (Å²) in [5, 5.41) is 2.62. The van der Waals surface area contributed by atoms with E-state index in [4.69, 9.17) is 21.1 Å². The Balaban J connectivity index is 1.64. The van der Waals surface area contributed by atoms with E-state index in [1.807, 2.05) is 18.2 Å². The van der Waals surface area contributed by atoms with Gasteiger partial charge < -0.3 is 14.8 Å². The molecule has 0 saturated carbocycles. The number of hydrogen-bond donors (Lipinski definition) is 1. The van der Waals surface area contributed by atoms with Gasteiger partial charge in [-0.15, -0.1) is 0 Å². The smallest absolute Gasteiger partial charge is 0.338 e. The van der Waals surface area contributed by atoms with Crippen LogP contribution >= 0.6 is 11.6 Å². The number of benzene rings is 3. The fourth-order valence-electron chi connectivity index (χ4n) is 2.59. The van der Waals surface area contributed by atoms with Gasteiger partial charge in [0.1, 0.15) is 5.75 Å². The van der Waals surface area contributed by atoms with Crippen LogP contribution in [0.15, 0.2) is 77.7 Å². The highest BCUT2D eigenvalue weighted by Crippen LogP contribution is 2.29. The van der Waals surface area contributed by atoms with Crippen molar-refractivity contribution < 1.29 is 27.5 Å². The van der Waals surface area contributed by atoms with Gasteiger partial charge in [-0.3, -0.25) is 4.79 Å². The van der Waals surface area contributed by atoms with Crippen molar-refractivity contribution in [1.29, 1.82) is 0 Å². The van der Waals surface area contributed by atoms with Crippen molar-refractivity contribution in [1.82, 2.24) is 0 Å². The molecule has 0 heterocycles. The SMILES string of the molecule is CS(=O)(=O)c1cc(C(=O)OCC(=O)Nc2ccccc2Oc2ccccc2)ccc1Cl. The minimum absolute atomic E-state index is 0.00758. The third-order valence-corrected chi connectivity index (χ3v) is 5.61. The zero-order valence-electron chi connectivity index (χ0n) is 16.4. The summed E-state index contributed by atoms with van der Waals surface area (Å²) < 4.78 is 34.3. The molecule has 0 aliphatic carbocycles. The van der Waals surface area contributed by atoms with Crippen molar-refractivity contribution in [2.45, 2.75) is 4.90 Å². The molecule has 7 nitrogen and oxygen atoms in total. The summed E-state index contributed by atoms with van der Waals surface area (Å²) in [5.74, 6) is -0.427. The van der Waals surface area contributed by atoms with Crippen LogP contribution in [0.4, 0.5) is 5.69 Å².